The van der Waals surface area contributed by atoms with E-state index in [2.05, 4.69) is 21.0 Å². The highest BCUT2D eigenvalue weighted by atomic mass is 79.9. The van der Waals surface area contributed by atoms with E-state index >= 15 is 0 Å². The Hall–Kier alpha value is -2.64. The van der Waals surface area contributed by atoms with Gasteiger partial charge in [0.2, 0.25) is 0 Å². The Bertz CT molecular complexity index is 1080. The molecule has 0 bridgehead atoms. The number of carbonyl (C=O) groups excluding carboxylic acids is 1. The number of hydrogen-bond donors (Lipinski definition) is 1. The standard InChI is InChI=1S/C20H15BrClN3O3/c21-13-4-6-15(7-5-13)25-17-8-9-24(11-16(17)18(23-25)20(27)28)19(26)12-2-1-3-14(22)10-12/h1-7,10H,8-9,11H2,(H,27,28). The van der Waals surface area contributed by atoms with Crippen molar-refractivity contribution in [3.63, 3.8) is 0 Å². The molecule has 142 valence electrons. The van der Waals surface area contributed by atoms with Crippen molar-refractivity contribution >= 4 is 39.4 Å². The van der Waals surface area contributed by atoms with Gasteiger partial charge in [-0.05, 0) is 42.5 Å². The van der Waals surface area contributed by atoms with Crippen LogP contribution >= 0.6 is 27.5 Å². The molecule has 1 aliphatic heterocycles. The first-order chi connectivity index (χ1) is 13.4. The molecule has 0 saturated carbocycles. The number of rotatable bonds is 3. The summed E-state index contributed by atoms with van der Waals surface area (Å²) in [7, 11) is 0. The number of fused-ring (bicyclic) bond motifs is 1. The summed E-state index contributed by atoms with van der Waals surface area (Å²) in [6, 6.07) is 14.2. The molecule has 2 aromatic carbocycles. The quantitative estimate of drug-likeness (QED) is 0.636. The van der Waals surface area contributed by atoms with Crippen molar-refractivity contribution in [3.8, 4) is 5.69 Å². The molecular formula is C20H15BrClN3O3. The van der Waals surface area contributed by atoms with Gasteiger partial charge in [0.05, 0.1) is 17.9 Å². The van der Waals surface area contributed by atoms with E-state index in [9.17, 15) is 14.7 Å². The largest absolute Gasteiger partial charge is 0.476 e. The molecule has 0 fully saturated rings. The van der Waals surface area contributed by atoms with Crippen molar-refractivity contribution in [1.82, 2.24) is 14.7 Å². The average Bonchev–Trinajstić information content (AvgIpc) is 3.07. The molecule has 0 radical (unpaired) electrons. The summed E-state index contributed by atoms with van der Waals surface area (Å²) in [4.78, 5) is 26.2. The van der Waals surface area contributed by atoms with E-state index in [1.807, 2.05) is 24.3 Å². The van der Waals surface area contributed by atoms with Gasteiger partial charge in [0, 0.05) is 33.6 Å². The summed E-state index contributed by atoms with van der Waals surface area (Å²) < 4.78 is 2.58. The highest BCUT2D eigenvalue weighted by Gasteiger charge is 2.30. The van der Waals surface area contributed by atoms with Gasteiger partial charge in [0.25, 0.3) is 5.91 Å². The lowest BCUT2D eigenvalue weighted by Crippen LogP contribution is -2.36. The fourth-order valence-electron chi connectivity index (χ4n) is 3.36. The van der Waals surface area contributed by atoms with E-state index in [1.165, 1.54) is 0 Å². The molecule has 2 heterocycles. The normalized spacial score (nSPS) is 13.3. The van der Waals surface area contributed by atoms with E-state index in [1.54, 1.807) is 33.8 Å². The third-order valence-corrected chi connectivity index (χ3v) is 5.45. The number of amides is 1. The van der Waals surface area contributed by atoms with Crippen molar-refractivity contribution in [2.75, 3.05) is 6.54 Å². The fraction of sp³-hybridized carbons (Fsp3) is 0.150. The van der Waals surface area contributed by atoms with Crippen molar-refractivity contribution in [2.45, 2.75) is 13.0 Å². The van der Waals surface area contributed by atoms with Crippen LogP contribution in [0.4, 0.5) is 0 Å². The topological polar surface area (TPSA) is 75.4 Å². The van der Waals surface area contributed by atoms with E-state index in [0.717, 1.165) is 15.9 Å². The predicted octanol–water partition coefficient (Wildman–Crippen LogP) is 4.18. The number of carbonyl (C=O) groups is 2. The summed E-state index contributed by atoms with van der Waals surface area (Å²) in [5.74, 6) is -1.29. The lowest BCUT2D eigenvalue weighted by Gasteiger charge is -2.28. The second-order valence-electron chi connectivity index (χ2n) is 6.45. The van der Waals surface area contributed by atoms with Gasteiger partial charge in [0.1, 0.15) is 0 Å². The Kier molecular flexibility index (Phi) is 4.95. The maximum Gasteiger partial charge on any atom is 0.356 e. The van der Waals surface area contributed by atoms with Crippen molar-refractivity contribution in [3.05, 3.63) is 80.5 Å². The molecule has 8 heteroatoms. The Labute approximate surface area is 174 Å². The SMILES string of the molecule is O=C(O)c1nn(-c2ccc(Br)cc2)c2c1CN(C(=O)c1cccc(Cl)c1)CC2. The van der Waals surface area contributed by atoms with Crippen LogP contribution in [-0.2, 0) is 13.0 Å². The summed E-state index contributed by atoms with van der Waals surface area (Å²) in [6.45, 7) is 0.665. The van der Waals surface area contributed by atoms with Crippen LogP contribution in [0.1, 0.15) is 32.1 Å². The molecule has 6 nitrogen and oxygen atoms in total. The zero-order valence-corrected chi connectivity index (χ0v) is 16.9. The van der Waals surface area contributed by atoms with Crippen LogP contribution in [-0.4, -0.2) is 38.2 Å². The Morgan fingerprint density at radius 3 is 2.57 bits per heavy atom. The number of carboxylic acids is 1. The van der Waals surface area contributed by atoms with Gasteiger partial charge in [-0.15, -0.1) is 0 Å². The number of benzene rings is 2. The van der Waals surface area contributed by atoms with E-state index in [-0.39, 0.29) is 18.1 Å². The molecule has 0 aliphatic carbocycles. The lowest BCUT2D eigenvalue weighted by atomic mass is 10.0. The number of halogens is 2. The number of aromatic carboxylic acids is 1. The number of aromatic nitrogens is 2. The first kappa shape index (κ1) is 18.7. The zero-order chi connectivity index (χ0) is 19.8. The summed E-state index contributed by atoms with van der Waals surface area (Å²) >= 11 is 9.39. The number of carboxylic acid groups (broad SMARTS) is 1. The lowest BCUT2D eigenvalue weighted by molar-refractivity contribution is 0.0674. The molecule has 0 saturated heterocycles. The van der Waals surface area contributed by atoms with Gasteiger partial charge < -0.3 is 10.0 Å². The molecule has 0 spiro atoms. The van der Waals surface area contributed by atoms with Crippen LogP contribution in [0.3, 0.4) is 0 Å². The van der Waals surface area contributed by atoms with Crippen LogP contribution in [0.5, 0.6) is 0 Å². The first-order valence-corrected chi connectivity index (χ1v) is 9.76. The Morgan fingerprint density at radius 2 is 1.89 bits per heavy atom. The van der Waals surface area contributed by atoms with Gasteiger partial charge >= 0.3 is 5.97 Å². The van der Waals surface area contributed by atoms with Crippen molar-refractivity contribution in [1.29, 1.82) is 0 Å². The van der Waals surface area contributed by atoms with E-state index in [0.29, 0.717) is 29.1 Å². The van der Waals surface area contributed by atoms with Gasteiger partial charge in [-0.3, -0.25) is 4.79 Å². The highest BCUT2D eigenvalue weighted by Crippen LogP contribution is 2.27. The van der Waals surface area contributed by atoms with Crippen LogP contribution < -0.4 is 0 Å². The molecule has 1 aromatic heterocycles. The smallest absolute Gasteiger partial charge is 0.356 e. The molecule has 1 aliphatic rings. The third kappa shape index (κ3) is 3.43. The monoisotopic (exact) mass is 459 g/mol. The minimum atomic E-state index is -1.11. The second kappa shape index (κ2) is 7.41. The van der Waals surface area contributed by atoms with Gasteiger partial charge in [-0.1, -0.05) is 33.6 Å². The molecule has 1 amide bonds. The van der Waals surface area contributed by atoms with Crippen molar-refractivity contribution in [2.24, 2.45) is 0 Å². The second-order valence-corrected chi connectivity index (χ2v) is 7.81. The highest BCUT2D eigenvalue weighted by molar-refractivity contribution is 9.10. The summed E-state index contributed by atoms with van der Waals surface area (Å²) in [6.07, 6.45) is 0.512. The average molecular weight is 461 g/mol. The van der Waals surface area contributed by atoms with Crippen LogP contribution in [0.2, 0.25) is 5.02 Å². The Morgan fingerprint density at radius 1 is 1.14 bits per heavy atom. The van der Waals surface area contributed by atoms with Crippen LogP contribution in [0.25, 0.3) is 5.69 Å². The van der Waals surface area contributed by atoms with Gasteiger partial charge in [-0.25, -0.2) is 9.48 Å². The third-order valence-electron chi connectivity index (χ3n) is 4.69. The maximum atomic E-state index is 12.8. The van der Waals surface area contributed by atoms with E-state index < -0.39 is 5.97 Å². The maximum absolute atomic E-state index is 12.8. The van der Waals surface area contributed by atoms with Crippen LogP contribution in [0.15, 0.2) is 53.0 Å². The number of nitrogens with zero attached hydrogens (tertiary/aromatic N) is 3. The van der Waals surface area contributed by atoms with Gasteiger partial charge in [0.15, 0.2) is 5.69 Å². The molecule has 0 unspecified atom stereocenters. The Balaban J connectivity index is 1.71. The van der Waals surface area contributed by atoms with Gasteiger partial charge in [-0.2, -0.15) is 5.10 Å². The van der Waals surface area contributed by atoms with E-state index in [4.69, 9.17) is 11.6 Å². The minimum absolute atomic E-state index is 0.0264. The number of hydrogen-bond acceptors (Lipinski definition) is 3. The van der Waals surface area contributed by atoms with Crippen LogP contribution in [0, 0.1) is 0 Å². The molecule has 28 heavy (non-hydrogen) atoms. The zero-order valence-electron chi connectivity index (χ0n) is 14.6. The minimum Gasteiger partial charge on any atom is -0.476 e. The summed E-state index contributed by atoms with van der Waals surface area (Å²) in [5, 5.41) is 14.4. The fourth-order valence-corrected chi connectivity index (χ4v) is 3.82. The predicted molar refractivity (Wildman–Crippen MR) is 108 cm³/mol. The molecule has 3 aromatic rings. The molecule has 1 N–H and O–H groups in total. The molecular weight excluding hydrogens is 446 g/mol. The molecule has 0 atom stereocenters. The first-order valence-electron chi connectivity index (χ1n) is 8.59. The van der Waals surface area contributed by atoms with Crippen molar-refractivity contribution < 1.29 is 14.7 Å². The summed E-state index contributed by atoms with van der Waals surface area (Å²) in [5.41, 5.74) is 2.61. The molecule has 4 rings (SSSR count).